The van der Waals surface area contributed by atoms with Crippen LogP contribution in [-0.2, 0) is 0 Å². The Bertz CT molecular complexity index is 1880. The van der Waals surface area contributed by atoms with Crippen LogP contribution in [0.4, 0.5) is 17.1 Å². The normalized spacial score (nSPS) is 11.4. The number of hydrogen-bond donors (Lipinski definition) is 0. The van der Waals surface area contributed by atoms with Gasteiger partial charge in [-0.05, 0) is 54.6 Å². The van der Waals surface area contributed by atoms with E-state index in [1.165, 1.54) is 0 Å². The van der Waals surface area contributed by atoms with Gasteiger partial charge in [0.25, 0.3) is 0 Å². The molecule has 7 rings (SSSR count). The monoisotopic (exact) mass is 528 g/mol. The highest BCUT2D eigenvalue weighted by molar-refractivity contribution is 9.10. The number of para-hydroxylation sites is 2. The number of furan rings is 2. The van der Waals surface area contributed by atoms with Gasteiger partial charge in [0.2, 0.25) is 0 Å². The fraction of sp³-hybridized carbons (Fsp3) is 0. The lowest BCUT2D eigenvalue weighted by molar-refractivity contribution is 0.669. The second-order valence-corrected chi connectivity index (χ2v) is 9.62. The van der Waals surface area contributed by atoms with Crippen molar-refractivity contribution in [2.45, 2.75) is 0 Å². The molecule has 0 aliphatic carbocycles. The molecule has 0 unspecified atom stereocenters. The summed E-state index contributed by atoms with van der Waals surface area (Å²) < 4.78 is 13.2. The third kappa shape index (κ3) is 3.27. The predicted octanol–water partition coefficient (Wildman–Crippen LogP) is 9.59. The zero-order valence-electron chi connectivity index (χ0n) is 18.9. The zero-order valence-corrected chi connectivity index (χ0v) is 20.5. The van der Waals surface area contributed by atoms with E-state index in [1.807, 2.05) is 66.7 Å². The molecule has 4 nitrogen and oxygen atoms in total. The smallest absolute Gasteiger partial charge is 0.137 e. The Morgan fingerprint density at radius 1 is 0.556 bits per heavy atom. The van der Waals surface area contributed by atoms with Crippen molar-refractivity contribution in [3.8, 4) is 6.07 Å². The largest absolute Gasteiger partial charge is 0.456 e. The maximum atomic E-state index is 9.63. The minimum absolute atomic E-state index is 0.569. The molecular weight excluding hydrogens is 512 g/mol. The van der Waals surface area contributed by atoms with Crippen LogP contribution in [0, 0.1) is 11.3 Å². The van der Waals surface area contributed by atoms with Gasteiger partial charge in [0.1, 0.15) is 22.3 Å². The molecular formula is C31H17BrN2O2. The van der Waals surface area contributed by atoms with Crippen molar-refractivity contribution in [3.05, 3.63) is 113 Å². The first-order chi connectivity index (χ1) is 17.7. The Morgan fingerprint density at radius 3 is 1.64 bits per heavy atom. The highest BCUT2D eigenvalue weighted by Crippen LogP contribution is 2.41. The van der Waals surface area contributed by atoms with E-state index in [9.17, 15) is 5.26 Å². The quantitative estimate of drug-likeness (QED) is 0.229. The third-order valence-electron chi connectivity index (χ3n) is 6.51. The summed E-state index contributed by atoms with van der Waals surface area (Å²) >= 11 is 3.58. The third-order valence-corrected chi connectivity index (χ3v) is 6.97. The van der Waals surface area contributed by atoms with Gasteiger partial charge in [0, 0.05) is 55.2 Å². The number of nitrogens with zero attached hydrogens (tertiary/aromatic N) is 2. The van der Waals surface area contributed by atoms with Crippen LogP contribution in [0.25, 0.3) is 43.9 Å². The van der Waals surface area contributed by atoms with Crippen molar-refractivity contribution in [1.29, 1.82) is 5.26 Å². The molecule has 7 aromatic rings. The first-order valence-corrected chi connectivity index (χ1v) is 12.3. The van der Waals surface area contributed by atoms with Crippen LogP contribution < -0.4 is 4.90 Å². The van der Waals surface area contributed by atoms with Gasteiger partial charge in [-0.15, -0.1) is 0 Å². The molecule has 5 heteroatoms. The van der Waals surface area contributed by atoms with Crippen molar-refractivity contribution in [2.24, 2.45) is 0 Å². The standard InChI is InChI=1S/C31H17BrN2O2/c32-20-13-19(18-33)14-23(15-20)34(21-9-11-26-24-5-1-3-7-28(24)35-30(26)16-21)22-10-12-27-25-6-2-4-8-29(25)36-31(27)17-22/h1-17H. The number of hydrogen-bond acceptors (Lipinski definition) is 4. The van der Waals surface area contributed by atoms with E-state index in [1.54, 1.807) is 0 Å². The predicted molar refractivity (Wildman–Crippen MR) is 148 cm³/mol. The molecule has 0 saturated carbocycles. The summed E-state index contributed by atoms with van der Waals surface area (Å²) in [5, 5.41) is 13.9. The van der Waals surface area contributed by atoms with Crippen LogP contribution in [0.3, 0.4) is 0 Å². The van der Waals surface area contributed by atoms with Crippen molar-refractivity contribution in [3.63, 3.8) is 0 Å². The minimum atomic E-state index is 0.569. The van der Waals surface area contributed by atoms with Crippen molar-refractivity contribution < 1.29 is 8.83 Å². The van der Waals surface area contributed by atoms with Gasteiger partial charge in [0.05, 0.1) is 11.6 Å². The van der Waals surface area contributed by atoms with Crippen molar-refractivity contribution in [2.75, 3.05) is 4.90 Å². The van der Waals surface area contributed by atoms with Gasteiger partial charge in [-0.1, -0.05) is 52.3 Å². The van der Waals surface area contributed by atoms with E-state index < -0.39 is 0 Å². The van der Waals surface area contributed by atoms with Gasteiger partial charge in [0.15, 0.2) is 0 Å². The van der Waals surface area contributed by atoms with E-state index in [0.29, 0.717) is 5.56 Å². The first kappa shape index (κ1) is 20.8. The van der Waals surface area contributed by atoms with Gasteiger partial charge >= 0.3 is 0 Å². The molecule has 0 aliphatic heterocycles. The lowest BCUT2D eigenvalue weighted by Crippen LogP contribution is -2.10. The molecule has 0 fully saturated rings. The SMILES string of the molecule is N#Cc1cc(Br)cc(N(c2ccc3c(c2)oc2ccccc23)c2ccc3c(c2)oc2ccccc23)c1. The fourth-order valence-electron chi connectivity index (χ4n) is 4.92. The summed E-state index contributed by atoms with van der Waals surface area (Å²) in [7, 11) is 0. The van der Waals surface area contributed by atoms with Gasteiger partial charge in [-0.2, -0.15) is 5.26 Å². The number of nitriles is 1. The maximum absolute atomic E-state index is 9.63. The molecule has 0 bridgehead atoms. The molecule has 5 aromatic carbocycles. The van der Waals surface area contributed by atoms with Gasteiger partial charge in [-0.3, -0.25) is 0 Å². The highest BCUT2D eigenvalue weighted by Gasteiger charge is 2.18. The molecule has 0 spiro atoms. The van der Waals surface area contributed by atoms with Crippen LogP contribution in [0.15, 0.2) is 116 Å². The summed E-state index contributed by atoms with van der Waals surface area (Å²) in [6.07, 6.45) is 0. The Hall–Kier alpha value is -4.53. The van der Waals surface area contributed by atoms with E-state index in [4.69, 9.17) is 8.83 Å². The first-order valence-electron chi connectivity index (χ1n) is 11.5. The Morgan fingerprint density at radius 2 is 1.08 bits per heavy atom. The number of benzene rings is 5. The Kier molecular flexibility index (Phi) is 4.63. The average molecular weight is 529 g/mol. The van der Waals surface area contributed by atoms with Crippen LogP contribution in [0.5, 0.6) is 0 Å². The van der Waals surface area contributed by atoms with Crippen LogP contribution in [0.1, 0.15) is 5.56 Å². The van der Waals surface area contributed by atoms with Crippen LogP contribution in [-0.4, -0.2) is 0 Å². The lowest BCUT2D eigenvalue weighted by Gasteiger charge is -2.25. The number of rotatable bonds is 3. The molecule has 0 amide bonds. The lowest BCUT2D eigenvalue weighted by atomic mass is 10.1. The molecule has 170 valence electrons. The number of anilines is 3. The number of halogens is 1. The van der Waals surface area contributed by atoms with E-state index in [-0.39, 0.29) is 0 Å². The summed E-state index contributed by atoms with van der Waals surface area (Å²) in [6, 6.07) is 36.5. The second-order valence-electron chi connectivity index (χ2n) is 8.70. The molecule has 0 aliphatic rings. The maximum Gasteiger partial charge on any atom is 0.137 e. The summed E-state index contributed by atoms with van der Waals surface area (Å²) in [5.41, 5.74) is 6.57. The van der Waals surface area contributed by atoms with Crippen molar-refractivity contribution in [1.82, 2.24) is 0 Å². The molecule has 0 atom stereocenters. The van der Waals surface area contributed by atoms with Gasteiger partial charge < -0.3 is 13.7 Å². The molecule has 2 heterocycles. The van der Waals surface area contributed by atoms with Crippen LogP contribution in [0.2, 0.25) is 0 Å². The molecule has 0 N–H and O–H groups in total. The Balaban J connectivity index is 1.47. The minimum Gasteiger partial charge on any atom is -0.456 e. The average Bonchev–Trinajstić information content (AvgIpc) is 3.46. The topological polar surface area (TPSA) is 53.3 Å². The van der Waals surface area contributed by atoms with E-state index in [0.717, 1.165) is 65.4 Å². The molecule has 36 heavy (non-hydrogen) atoms. The molecule has 0 radical (unpaired) electrons. The number of fused-ring (bicyclic) bond motifs is 6. The van der Waals surface area contributed by atoms with Crippen LogP contribution >= 0.6 is 15.9 Å². The molecule has 2 aromatic heterocycles. The summed E-state index contributed by atoms with van der Waals surface area (Å²) in [4.78, 5) is 2.12. The molecule has 0 saturated heterocycles. The van der Waals surface area contributed by atoms with E-state index >= 15 is 0 Å². The zero-order chi connectivity index (χ0) is 24.2. The Labute approximate surface area is 214 Å². The van der Waals surface area contributed by atoms with E-state index in [2.05, 4.69) is 63.3 Å². The summed E-state index contributed by atoms with van der Waals surface area (Å²) in [6.45, 7) is 0. The fourth-order valence-corrected chi connectivity index (χ4v) is 5.40. The summed E-state index contributed by atoms with van der Waals surface area (Å²) in [5.74, 6) is 0. The second kappa shape index (κ2) is 8.01. The van der Waals surface area contributed by atoms with Crippen molar-refractivity contribution >= 4 is 76.9 Å². The van der Waals surface area contributed by atoms with Gasteiger partial charge in [-0.25, -0.2) is 0 Å². The highest BCUT2D eigenvalue weighted by atomic mass is 79.9.